The zero-order valence-corrected chi connectivity index (χ0v) is 15.0. The van der Waals surface area contributed by atoms with E-state index in [-0.39, 0.29) is 17.9 Å². The molecule has 0 radical (unpaired) electrons. The predicted octanol–water partition coefficient (Wildman–Crippen LogP) is 2.26. The van der Waals surface area contributed by atoms with Gasteiger partial charge < -0.3 is 10.6 Å². The first kappa shape index (κ1) is 16.0. The van der Waals surface area contributed by atoms with Gasteiger partial charge >= 0.3 is 0 Å². The maximum Gasteiger partial charge on any atom is 0.275 e. The topological polar surface area (TPSA) is 95.5 Å². The monoisotopic (exact) mass is 377 g/mol. The minimum Gasteiger partial charge on any atom is -0.354 e. The second-order valence-electron chi connectivity index (χ2n) is 6.51. The van der Waals surface area contributed by atoms with Crippen LogP contribution in [0.15, 0.2) is 52.9 Å². The number of anilines is 1. The van der Waals surface area contributed by atoms with E-state index < -0.39 is 0 Å². The van der Waals surface area contributed by atoms with Crippen LogP contribution in [0.4, 0.5) is 5.69 Å². The second kappa shape index (κ2) is 6.17. The number of rotatable bonds is 3. The lowest BCUT2D eigenvalue weighted by atomic mass is 10.0. The van der Waals surface area contributed by atoms with E-state index in [4.69, 9.17) is 0 Å². The summed E-state index contributed by atoms with van der Waals surface area (Å²) in [4.78, 5) is 29.4. The second-order valence-corrected chi connectivity index (χ2v) is 7.54. The van der Waals surface area contributed by atoms with Gasteiger partial charge in [-0.1, -0.05) is 24.3 Å². The van der Waals surface area contributed by atoms with Gasteiger partial charge in [0.2, 0.25) is 0 Å². The van der Waals surface area contributed by atoms with Gasteiger partial charge in [-0.2, -0.15) is 5.10 Å². The highest BCUT2D eigenvalue weighted by Gasteiger charge is 2.31. The van der Waals surface area contributed by atoms with Crippen molar-refractivity contribution >= 4 is 40.6 Å². The molecule has 5 rings (SSSR count). The molecule has 8 heteroatoms. The molecular weight excluding hydrogens is 362 g/mol. The minimum absolute atomic E-state index is 0.127. The molecule has 0 saturated heterocycles. The number of hydrogen-bond donors (Lipinski definition) is 3. The number of hydrogen-bond acceptors (Lipinski definition) is 6. The number of nitrogens with one attached hydrogen (secondary N) is 3. The molecule has 7 nitrogen and oxygen atoms in total. The van der Waals surface area contributed by atoms with E-state index in [9.17, 15) is 9.59 Å². The molecule has 0 atom stereocenters. The van der Waals surface area contributed by atoms with Crippen LogP contribution in [-0.2, 0) is 4.79 Å². The van der Waals surface area contributed by atoms with E-state index in [0.29, 0.717) is 26.9 Å². The van der Waals surface area contributed by atoms with Gasteiger partial charge in [0.1, 0.15) is 15.6 Å². The summed E-state index contributed by atoms with van der Waals surface area (Å²) in [5.41, 5.74) is 5.99. The number of amides is 2. The zero-order valence-electron chi connectivity index (χ0n) is 14.2. The first-order valence-electron chi connectivity index (χ1n) is 8.63. The van der Waals surface area contributed by atoms with E-state index in [1.165, 1.54) is 17.5 Å². The molecule has 1 aliphatic carbocycles. The summed E-state index contributed by atoms with van der Waals surface area (Å²) in [7, 11) is 0. The third kappa shape index (κ3) is 2.93. The smallest absolute Gasteiger partial charge is 0.275 e. The van der Waals surface area contributed by atoms with E-state index in [2.05, 4.69) is 26.1 Å². The third-order valence-corrected chi connectivity index (χ3v) is 5.51. The summed E-state index contributed by atoms with van der Waals surface area (Å²) in [6, 6.07) is 8.12. The number of fused-ring (bicyclic) bond motifs is 1. The molecule has 2 aromatic rings. The number of benzene rings is 1. The Balaban J connectivity index is 1.47. The van der Waals surface area contributed by atoms with Gasteiger partial charge in [-0.25, -0.2) is 10.4 Å². The maximum absolute atomic E-state index is 12.4. The standard InChI is InChI=1S/C19H15N5O2S/c25-17(21-11-6-7-11)14-9-20-19(27-14)16-15(18(26)24-23-16)13-8-5-10-3-1-2-4-12(10)22-13/h1-5,8-9,11,22H,6-7H2,(H,21,25)(H,24,26). The van der Waals surface area contributed by atoms with Gasteiger partial charge in [0.15, 0.2) is 0 Å². The average Bonchev–Trinajstić information content (AvgIpc) is 3.21. The summed E-state index contributed by atoms with van der Waals surface area (Å²) in [6.45, 7) is 0. The number of para-hydroxylation sites is 1. The van der Waals surface area contributed by atoms with E-state index in [1.54, 1.807) is 0 Å². The summed E-state index contributed by atoms with van der Waals surface area (Å²) in [5, 5.41) is 10.9. The van der Waals surface area contributed by atoms with Crippen molar-refractivity contribution in [3.05, 3.63) is 63.3 Å². The molecule has 2 amide bonds. The molecule has 0 spiro atoms. The molecule has 1 aromatic heterocycles. The van der Waals surface area contributed by atoms with Crippen molar-refractivity contribution in [2.24, 2.45) is 5.10 Å². The highest BCUT2D eigenvalue weighted by Crippen LogP contribution is 2.29. The van der Waals surface area contributed by atoms with Crippen LogP contribution in [0, 0.1) is 0 Å². The highest BCUT2D eigenvalue weighted by molar-refractivity contribution is 7.15. The number of nitrogens with zero attached hydrogens (tertiary/aromatic N) is 2. The van der Waals surface area contributed by atoms with Gasteiger partial charge in [0.05, 0.1) is 17.5 Å². The molecule has 0 unspecified atom stereocenters. The van der Waals surface area contributed by atoms with Crippen LogP contribution in [-0.4, -0.2) is 28.6 Å². The lowest BCUT2D eigenvalue weighted by molar-refractivity contribution is -0.116. The molecule has 2 aliphatic heterocycles. The van der Waals surface area contributed by atoms with Crippen LogP contribution in [0.5, 0.6) is 0 Å². The maximum atomic E-state index is 12.4. The van der Waals surface area contributed by atoms with Crippen molar-refractivity contribution in [3.63, 3.8) is 0 Å². The van der Waals surface area contributed by atoms with Gasteiger partial charge in [-0.05, 0) is 30.5 Å². The lowest BCUT2D eigenvalue weighted by Gasteiger charge is -2.17. The van der Waals surface area contributed by atoms with Crippen LogP contribution >= 0.6 is 11.3 Å². The Labute approximate surface area is 158 Å². The quantitative estimate of drug-likeness (QED) is 0.715. The molecule has 3 heterocycles. The minimum atomic E-state index is -0.296. The Kier molecular flexibility index (Phi) is 3.64. The summed E-state index contributed by atoms with van der Waals surface area (Å²) in [6.07, 6.45) is 7.39. The lowest BCUT2D eigenvalue weighted by Crippen LogP contribution is -2.24. The van der Waals surface area contributed by atoms with Crippen LogP contribution in [0.25, 0.3) is 6.08 Å². The molecule has 27 heavy (non-hydrogen) atoms. The zero-order chi connectivity index (χ0) is 18.4. The van der Waals surface area contributed by atoms with Gasteiger partial charge in [-0.15, -0.1) is 11.3 Å². The molecule has 3 aliphatic rings. The number of aromatic nitrogens is 1. The fourth-order valence-corrected chi connectivity index (χ4v) is 3.78. The van der Waals surface area contributed by atoms with Gasteiger partial charge in [0, 0.05) is 11.7 Å². The fourth-order valence-electron chi connectivity index (χ4n) is 2.97. The molecule has 0 bridgehead atoms. The van der Waals surface area contributed by atoms with Crippen LogP contribution < -0.4 is 16.1 Å². The van der Waals surface area contributed by atoms with Crippen molar-refractivity contribution in [2.75, 3.05) is 5.32 Å². The van der Waals surface area contributed by atoms with Crippen molar-refractivity contribution in [2.45, 2.75) is 18.9 Å². The molecular formula is C19H15N5O2S. The van der Waals surface area contributed by atoms with Crippen LogP contribution in [0.1, 0.15) is 33.1 Å². The summed E-state index contributed by atoms with van der Waals surface area (Å²) in [5.74, 6) is -0.423. The Morgan fingerprint density at radius 1 is 1.22 bits per heavy atom. The van der Waals surface area contributed by atoms with Crippen molar-refractivity contribution in [3.8, 4) is 0 Å². The number of allylic oxidation sites excluding steroid dienone is 1. The Bertz CT molecular complexity index is 1060. The largest absolute Gasteiger partial charge is 0.354 e. The van der Waals surface area contributed by atoms with Crippen LogP contribution in [0.3, 0.4) is 0 Å². The molecule has 1 aromatic carbocycles. The highest BCUT2D eigenvalue weighted by atomic mass is 32.1. The number of hydrazone groups is 1. The number of thiazole rings is 1. The Morgan fingerprint density at radius 3 is 2.93 bits per heavy atom. The van der Waals surface area contributed by atoms with Crippen molar-refractivity contribution in [1.82, 2.24) is 15.7 Å². The summed E-state index contributed by atoms with van der Waals surface area (Å²) >= 11 is 1.23. The Morgan fingerprint density at radius 2 is 2.07 bits per heavy atom. The van der Waals surface area contributed by atoms with Crippen LogP contribution in [0.2, 0.25) is 0 Å². The van der Waals surface area contributed by atoms with E-state index in [1.807, 2.05) is 36.4 Å². The number of carbonyl (C=O) groups is 2. The van der Waals surface area contributed by atoms with E-state index >= 15 is 0 Å². The molecule has 3 N–H and O–H groups in total. The normalized spacial score (nSPS) is 20.6. The predicted molar refractivity (Wildman–Crippen MR) is 103 cm³/mol. The van der Waals surface area contributed by atoms with Crippen molar-refractivity contribution in [1.29, 1.82) is 0 Å². The first-order chi connectivity index (χ1) is 13.2. The third-order valence-electron chi connectivity index (χ3n) is 4.51. The fraction of sp³-hybridized carbons (Fsp3) is 0.158. The van der Waals surface area contributed by atoms with Gasteiger partial charge in [0.25, 0.3) is 11.8 Å². The molecule has 134 valence electrons. The molecule has 1 fully saturated rings. The summed E-state index contributed by atoms with van der Waals surface area (Å²) < 4.78 is 0. The Hall–Kier alpha value is -3.26. The van der Waals surface area contributed by atoms with E-state index in [0.717, 1.165) is 24.1 Å². The first-order valence-corrected chi connectivity index (χ1v) is 9.44. The molecule has 1 saturated carbocycles. The average molecular weight is 377 g/mol. The number of carbonyl (C=O) groups excluding carboxylic acids is 2. The SMILES string of the molecule is O=C1NN=C(c2ncc(C(=O)NC3CC3)s2)C1=C1C=Cc2ccccc2N1. The van der Waals surface area contributed by atoms with Gasteiger partial charge in [-0.3, -0.25) is 9.59 Å². The van der Waals surface area contributed by atoms with Crippen molar-refractivity contribution < 1.29 is 9.59 Å².